The summed E-state index contributed by atoms with van der Waals surface area (Å²) in [6.07, 6.45) is 16.8. The van der Waals surface area contributed by atoms with Crippen molar-refractivity contribution in [2.24, 2.45) is 5.92 Å². The topological polar surface area (TPSA) is 98.0 Å². The molecular weight excluding hydrogens is 368 g/mol. The Hall–Kier alpha value is -0.650. The third kappa shape index (κ3) is 12.6. The molecule has 0 amide bonds. The van der Waals surface area contributed by atoms with Gasteiger partial charge in [0.05, 0.1) is 12.5 Å². The summed E-state index contributed by atoms with van der Waals surface area (Å²) in [5, 5.41) is 39.6. The number of carbonyl (C=O) groups is 1. The maximum atomic E-state index is 11.6. The van der Waals surface area contributed by atoms with Gasteiger partial charge in [-0.1, -0.05) is 110 Å². The highest BCUT2D eigenvalue weighted by atomic mass is 16.4. The van der Waals surface area contributed by atoms with E-state index in [0.717, 1.165) is 19.3 Å². The molecule has 174 valence electrons. The zero-order chi connectivity index (χ0) is 22.0. The lowest BCUT2D eigenvalue weighted by atomic mass is 9.76. The van der Waals surface area contributed by atoms with Crippen LogP contribution in [0.25, 0.3) is 0 Å². The highest BCUT2D eigenvalue weighted by molar-refractivity contribution is 5.71. The Labute approximate surface area is 178 Å². The molecule has 0 saturated carbocycles. The highest BCUT2D eigenvalue weighted by Crippen LogP contribution is 2.32. The van der Waals surface area contributed by atoms with Crippen molar-refractivity contribution in [3.63, 3.8) is 0 Å². The molecule has 29 heavy (non-hydrogen) atoms. The molecule has 0 saturated heterocycles. The molecule has 5 nitrogen and oxygen atoms in total. The number of aliphatic carboxylic acids is 1. The van der Waals surface area contributed by atoms with Crippen molar-refractivity contribution in [2.75, 3.05) is 6.61 Å². The monoisotopic (exact) mass is 416 g/mol. The van der Waals surface area contributed by atoms with E-state index >= 15 is 0 Å². The minimum atomic E-state index is -1.76. The number of carboxylic acid groups (broad SMARTS) is 1. The fourth-order valence-electron chi connectivity index (χ4n) is 4.21. The standard InChI is InChI=1S/C24H48O5/c1-3-5-6-7-8-9-10-11-12-13-14-15-16-17-19-24(29,22(26)20-25)21(18-4-2)23(27)28/h21-22,25-26,29H,3-20H2,1-2H3,(H,27,28). The average molecular weight is 417 g/mol. The molecule has 0 radical (unpaired) electrons. The van der Waals surface area contributed by atoms with Gasteiger partial charge in [-0.25, -0.2) is 0 Å². The van der Waals surface area contributed by atoms with E-state index in [1.54, 1.807) is 0 Å². The highest BCUT2D eigenvalue weighted by Gasteiger charge is 2.45. The summed E-state index contributed by atoms with van der Waals surface area (Å²) in [7, 11) is 0. The van der Waals surface area contributed by atoms with Crippen LogP contribution in [0.15, 0.2) is 0 Å². The molecule has 0 aliphatic carbocycles. The first-order valence-electron chi connectivity index (χ1n) is 12.2. The first kappa shape index (κ1) is 28.4. The minimum Gasteiger partial charge on any atom is -0.481 e. The number of unbranched alkanes of at least 4 members (excludes halogenated alkanes) is 13. The van der Waals surface area contributed by atoms with Crippen molar-refractivity contribution in [3.05, 3.63) is 0 Å². The van der Waals surface area contributed by atoms with Crippen molar-refractivity contribution in [3.8, 4) is 0 Å². The Kier molecular flexibility index (Phi) is 17.7. The van der Waals surface area contributed by atoms with E-state index in [-0.39, 0.29) is 6.42 Å². The van der Waals surface area contributed by atoms with Gasteiger partial charge in [-0.2, -0.15) is 0 Å². The van der Waals surface area contributed by atoms with Crippen LogP contribution in [-0.2, 0) is 4.79 Å². The van der Waals surface area contributed by atoms with Crippen LogP contribution in [0.2, 0.25) is 0 Å². The molecule has 0 heterocycles. The third-order valence-corrected chi connectivity index (χ3v) is 6.16. The molecule has 3 atom stereocenters. The van der Waals surface area contributed by atoms with Crippen LogP contribution in [0, 0.1) is 5.92 Å². The van der Waals surface area contributed by atoms with Crippen LogP contribution in [0.5, 0.6) is 0 Å². The van der Waals surface area contributed by atoms with Crippen molar-refractivity contribution < 1.29 is 25.2 Å². The van der Waals surface area contributed by atoms with Gasteiger partial charge in [-0.15, -0.1) is 0 Å². The smallest absolute Gasteiger partial charge is 0.309 e. The molecule has 0 aliphatic heterocycles. The molecule has 0 aliphatic rings. The zero-order valence-corrected chi connectivity index (χ0v) is 19.1. The van der Waals surface area contributed by atoms with Gasteiger partial charge in [0.15, 0.2) is 0 Å². The van der Waals surface area contributed by atoms with Gasteiger partial charge in [0.2, 0.25) is 0 Å². The first-order chi connectivity index (χ1) is 13.9. The summed E-state index contributed by atoms with van der Waals surface area (Å²) in [5.41, 5.74) is -1.76. The van der Waals surface area contributed by atoms with Gasteiger partial charge in [-0.3, -0.25) is 4.79 Å². The van der Waals surface area contributed by atoms with Gasteiger partial charge in [0.1, 0.15) is 11.7 Å². The Balaban J connectivity index is 3.92. The fraction of sp³-hybridized carbons (Fsp3) is 0.958. The van der Waals surface area contributed by atoms with E-state index < -0.39 is 30.2 Å². The van der Waals surface area contributed by atoms with Gasteiger partial charge in [-0.05, 0) is 12.8 Å². The quantitative estimate of drug-likeness (QED) is 0.187. The van der Waals surface area contributed by atoms with E-state index in [1.807, 2.05) is 6.92 Å². The van der Waals surface area contributed by atoms with Crippen molar-refractivity contribution in [2.45, 2.75) is 135 Å². The zero-order valence-electron chi connectivity index (χ0n) is 19.1. The summed E-state index contributed by atoms with van der Waals surface area (Å²) >= 11 is 0. The molecule has 4 N–H and O–H groups in total. The average Bonchev–Trinajstić information content (AvgIpc) is 2.71. The molecule has 0 bridgehead atoms. The summed E-state index contributed by atoms with van der Waals surface area (Å²) in [4.78, 5) is 11.6. The Bertz CT molecular complexity index is 387. The maximum Gasteiger partial charge on any atom is 0.309 e. The van der Waals surface area contributed by atoms with E-state index in [9.17, 15) is 25.2 Å². The van der Waals surface area contributed by atoms with Crippen LogP contribution >= 0.6 is 0 Å². The molecule has 0 rings (SSSR count). The molecule has 0 aromatic carbocycles. The minimum absolute atomic E-state index is 0.212. The number of aliphatic hydroxyl groups excluding tert-OH is 2. The molecule has 3 unspecified atom stereocenters. The van der Waals surface area contributed by atoms with Crippen LogP contribution < -0.4 is 0 Å². The summed E-state index contributed by atoms with van der Waals surface area (Å²) in [6, 6.07) is 0. The van der Waals surface area contributed by atoms with Crippen molar-refractivity contribution >= 4 is 5.97 Å². The lowest BCUT2D eigenvalue weighted by Gasteiger charge is -2.37. The largest absolute Gasteiger partial charge is 0.481 e. The van der Waals surface area contributed by atoms with E-state index in [2.05, 4.69) is 6.92 Å². The molecule has 0 spiro atoms. The number of aliphatic hydroxyl groups is 3. The van der Waals surface area contributed by atoms with E-state index in [0.29, 0.717) is 19.3 Å². The third-order valence-electron chi connectivity index (χ3n) is 6.16. The molecule has 5 heteroatoms. The molecule has 0 aromatic rings. The van der Waals surface area contributed by atoms with Gasteiger partial charge in [0, 0.05) is 0 Å². The predicted octanol–water partition coefficient (Wildman–Crippen LogP) is 5.44. The predicted molar refractivity (Wildman–Crippen MR) is 119 cm³/mol. The second kappa shape index (κ2) is 18.1. The van der Waals surface area contributed by atoms with Crippen LogP contribution in [0.4, 0.5) is 0 Å². The molecule has 0 aromatic heterocycles. The lowest BCUT2D eigenvalue weighted by molar-refractivity contribution is -0.171. The van der Waals surface area contributed by atoms with Crippen molar-refractivity contribution in [1.82, 2.24) is 0 Å². The fourth-order valence-corrected chi connectivity index (χ4v) is 4.21. The summed E-state index contributed by atoms with van der Waals surface area (Å²) in [5.74, 6) is -2.15. The second-order valence-corrected chi connectivity index (χ2v) is 8.72. The molecule has 0 fully saturated rings. The Morgan fingerprint density at radius 1 is 0.759 bits per heavy atom. The number of carboxylic acids is 1. The van der Waals surface area contributed by atoms with Gasteiger partial charge in [0.25, 0.3) is 0 Å². The maximum absolute atomic E-state index is 11.6. The van der Waals surface area contributed by atoms with Crippen LogP contribution in [0.1, 0.15) is 123 Å². The summed E-state index contributed by atoms with van der Waals surface area (Å²) in [6.45, 7) is 3.48. The lowest BCUT2D eigenvalue weighted by Crippen LogP contribution is -2.53. The van der Waals surface area contributed by atoms with Gasteiger partial charge >= 0.3 is 5.97 Å². The number of hydrogen-bond donors (Lipinski definition) is 4. The van der Waals surface area contributed by atoms with E-state index in [4.69, 9.17) is 0 Å². The van der Waals surface area contributed by atoms with Crippen molar-refractivity contribution in [1.29, 1.82) is 0 Å². The Morgan fingerprint density at radius 3 is 1.52 bits per heavy atom. The Morgan fingerprint density at radius 2 is 1.17 bits per heavy atom. The SMILES string of the molecule is CCCCCCCCCCCCCCCCC(O)(C(O)CO)C(CCC)C(=O)O. The first-order valence-corrected chi connectivity index (χ1v) is 12.2. The normalized spacial score (nSPS) is 15.8. The van der Waals surface area contributed by atoms with E-state index in [1.165, 1.54) is 64.2 Å². The van der Waals surface area contributed by atoms with Gasteiger partial charge < -0.3 is 20.4 Å². The number of rotatable bonds is 21. The van der Waals surface area contributed by atoms with Crippen LogP contribution in [-0.4, -0.2) is 44.7 Å². The summed E-state index contributed by atoms with van der Waals surface area (Å²) < 4.78 is 0. The second-order valence-electron chi connectivity index (χ2n) is 8.72. The van der Waals surface area contributed by atoms with Crippen LogP contribution in [0.3, 0.4) is 0 Å². The number of hydrogen-bond acceptors (Lipinski definition) is 4. The molecular formula is C24H48O5.